The summed E-state index contributed by atoms with van der Waals surface area (Å²) in [6, 6.07) is 0. The SMILES string of the molecule is CCC(C)c1nc2scc(C)n2c1C(=O)O. The van der Waals surface area contributed by atoms with Gasteiger partial charge in [0.05, 0.1) is 5.69 Å². The van der Waals surface area contributed by atoms with Crippen molar-refractivity contribution in [3.05, 3.63) is 22.5 Å². The van der Waals surface area contributed by atoms with E-state index in [1.807, 2.05) is 26.2 Å². The van der Waals surface area contributed by atoms with Crippen molar-refractivity contribution >= 4 is 22.3 Å². The van der Waals surface area contributed by atoms with Crippen molar-refractivity contribution in [3.63, 3.8) is 0 Å². The summed E-state index contributed by atoms with van der Waals surface area (Å²) < 4.78 is 1.73. The average molecular weight is 238 g/mol. The molecule has 0 spiro atoms. The Labute approximate surface area is 97.6 Å². The van der Waals surface area contributed by atoms with Crippen molar-refractivity contribution in [3.8, 4) is 0 Å². The van der Waals surface area contributed by atoms with Crippen LogP contribution in [-0.4, -0.2) is 20.5 Å². The zero-order valence-corrected chi connectivity index (χ0v) is 10.3. The number of fused-ring (bicyclic) bond motifs is 1. The van der Waals surface area contributed by atoms with Gasteiger partial charge in [-0.25, -0.2) is 9.78 Å². The maximum Gasteiger partial charge on any atom is 0.354 e. The topological polar surface area (TPSA) is 54.6 Å². The van der Waals surface area contributed by atoms with Crippen LogP contribution >= 0.6 is 11.3 Å². The minimum Gasteiger partial charge on any atom is -0.477 e. The number of nitrogens with zero attached hydrogens (tertiary/aromatic N) is 2. The molecule has 0 aromatic carbocycles. The largest absolute Gasteiger partial charge is 0.477 e. The molecule has 1 N–H and O–H groups in total. The number of aromatic nitrogens is 2. The van der Waals surface area contributed by atoms with Gasteiger partial charge < -0.3 is 5.11 Å². The molecule has 2 rings (SSSR count). The van der Waals surface area contributed by atoms with E-state index in [-0.39, 0.29) is 5.92 Å². The van der Waals surface area contributed by atoms with Gasteiger partial charge >= 0.3 is 5.97 Å². The molecule has 4 nitrogen and oxygen atoms in total. The highest BCUT2D eigenvalue weighted by molar-refractivity contribution is 7.15. The van der Waals surface area contributed by atoms with E-state index in [0.717, 1.165) is 17.1 Å². The summed E-state index contributed by atoms with van der Waals surface area (Å²) in [4.78, 5) is 16.5. The molecule has 16 heavy (non-hydrogen) atoms. The lowest BCUT2D eigenvalue weighted by atomic mass is 10.0. The van der Waals surface area contributed by atoms with Crippen LogP contribution < -0.4 is 0 Å². The number of hydrogen-bond acceptors (Lipinski definition) is 3. The van der Waals surface area contributed by atoms with Crippen LogP contribution in [0.1, 0.15) is 48.1 Å². The molecule has 0 aliphatic heterocycles. The standard InChI is InChI=1S/C11H14N2O2S/c1-4-6(2)8-9(10(14)15)13-7(3)5-16-11(13)12-8/h5-6H,4H2,1-3H3,(H,14,15). The number of aromatic carboxylic acids is 1. The van der Waals surface area contributed by atoms with Crippen LogP contribution in [0, 0.1) is 6.92 Å². The van der Waals surface area contributed by atoms with Crippen molar-refractivity contribution in [2.24, 2.45) is 0 Å². The second-order valence-corrected chi connectivity index (χ2v) is 4.79. The van der Waals surface area contributed by atoms with E-state index in [9.17, 15) is 9.90 Å². The second-order valence-electron chi connectivity index (χ2n) is 3.96. The lowest BCUT2D eigenvalue weighted by molar-refractivity contribution is 0.0687. The van der Waals surface area contributed by atoms with Crippen LogP contribution in [0.2, 0.25) is 0 Å². The molecule has 0 aliphatic carbocycles. The average Bonchev–Trinajstić information content (AvgIpc) is 2.77. The summed E-state index contributed by atoms with van der Waals surface area (Å²) in [5.74, 6) is -0.720. The monoisotopic (exact) mass is 238 g/mol. The fourth-order valence-corrected chi connectivity index (χ4v) is 2.63. The van der Waals surface area contributed by atoms with Crippen molar-refractivity contribution in [1.82, 2.24) is 9.38 Å². The van der Waals surface area contributed by atoms with E-state index >= 15 is 0 Å². The normalized spacial score (nSPS) is 13.2. The molecule has 1 atom stereocenters. The third-order valence-corrected chi connectivity index (χ3v) is 3.79. The predicted molar refractivity (Wildman–Crippen MR) is 63.5 cm³/mol. The lowest BCUT2D eigenvalue weighted by Crippen LogP contribution is -2.08. The number of aryl methyl sites for hydroxylation is 1. The molecule has 0 saturated carbocycles. The number of thiazole rings is 1. The molecule has 2 aromatic rings. The third-order valence-electron chi connectivity index (χ3n) is 2.84. The van der Waals surface area contributed by atoms with Crippen molar-refractivity contribution in [2.75, 3.05) is 0 Å². The van der Waals surface area contributed by atoms with E-state index < -0.39 is 5.97 Å². The minimum absolute atomic E-state index is 0.178. The van der Waals surface area contributed by atoms with Gasteiger partial charge in [0.2, 0.25) is 0 Å². The van der Waals surface area contributed by atoms with E-state index in [1.54, 1.807) is 4.40 Å². The van der Waals surface area contributed by atoms with Gasteiger partial charge in [0.15, 0.2) is 10.7 Å². The highest BCUT2D eigenvalue weighted by Gasteiger charge is 2.23. The van der Waals surface area contributed by atoms with Gasteiger partial charge in [-0.15, -0.1) is 11.3 Å². The summed E-state index contributed by atoms with van der Waals surface area (Å²) in [5, 5.41) is 11.2. The molecular weight excluding hydrogens is 224 g/mol. The van der Waals surface area contributed by atoms with E-state index in [4.69, 9.17) is 0 Å². The Hall–Kier alpha value is -1.36. The molecule has 5 heteroatoms. The maximum absolute atomic E-state index is 11.3. The number of carboxylic acids is 1. The first-order chi connectivity index (χ1) is 7.56. The van der Waals surface area contributed by atoms with Gasteiger partial charge in [-0.3, -0.25) is 4.40 Å². The molecule has 0 saturated heterocycles. The Balaban J connectivity index is 2.74. The summed E-state index contributed by atoms with van der Waals surface area (Å²) in [6.45, 7) is 5.95. The summed E-state index contributed by atoms with van der Waals surface area (Å²) in [7, 11) is 0. The molecule has 86 valence electrons. The van der Waals surface area contributed by atoms with Gasteiger partial charge in [-0.2, -0.15) is 0 Å². The Kier molecular flexibility index (Phi) is 2.71. The molecule has 0 aliphatic rings. The van der Waals surface area contributed by atoms with Crippen LogP contribution in [0.25, 0.3) is 4.96 Å². The zero-order valence-electron chi connectivity index (χ0n) is 9.52. The van der Waals surface area contributed by atoms with Crippen LogP contribution in [0.5, 0.6) is 0 Å². The molecule has 1 unspecified atom stereocenters. The second kappa shape index (κ2) is 3.90. The van der Waals surface area contributed by atoms with Gasteiger partial charge in [0, 0.05) is 17.0 Å². The van der Waals surface area contributed by atoms with Crippen molar-refractivity contribution < 1.29 is 9.90 Å². The fraction of sp³-hybridized carbons (Fsp3) is 0.455. The Morgan fingerprint density at radius 1 is 1.69 bits per heavy atom. The Morgan fingerprint density at radius 2 is 2.38 bits per heavy atom. The van der Waals surface area contributed by atoms with Crippen LogP contribution in [0.3, 0.4) is 0 Å². The number of imidazole rings is 1. The molecule has 0 bridgehead atoms. The predicted octanol–water partition coefficient (Wildman–Crippen LogP) is 2.92. The van der Waals surface area contributed by atoms with Crippen LogP contribution in [0.4, 0.5) is 0 Å². The number of hydrogen-bond donors (Lipinski definition) is 1. The molecule has 0 amide bonds. The summed E-state index contributed by atoms with van der Waals surface area (Å²) in [6.07, 6.45) is 0.893. The van der Waals surface area contributed by atoms with E-state index in [2.05, 4.69) is 4.98 Å². The highest BCUT2D eigenvalue weighted by atomic mass is 32.1. The summed E-state index contributed by atoms with van der Waals surface area (Å²) in [5.41, 5.74) is 1.95. The number of rotatable bonds is 3. The van der Waals surface area contributed by atoms with Crippen LogP contribution in [0.15, 0.2) is 5.38 Å². The summed E-state index contributed by atoms with van der Waals surface area (Å²) >= 11 is 1.48. The first kappa shape index (κ1) is 11.1. The zero-order chi connectivity index (χ0) is 11.9. The third kappa shape index (κ3) is 1.51. The quantitative estimate of drug-likeness (QED) is 0.894. The first-order valence-corrected chi connectivity index (χ1v) is 6.14. The lowest BCUT2D eigenvalue weighted by Gasteiger charge is -2.06. The van der Waals surface area contributed by atoms with Gasteiger partial charge in [-0.1, -0.05) is 13.8 Å². The number of carboxylic acid groups (broad SMARTS) is 1. The number of carbonyl (C=O) groups is 1. The minimum atomic E-state index is -0.899. The molecular formula is C11H14N2O2S. The van der Waals surface area contributed by atoms with Crippen molar-refractivity contribution in [2.45, 2.75) is 33.1 Å². The van der Waals surface area contributed by atoms with Crippen molar-refractivity contribution in [1.29, 1.82) is 0 Å². The smallest absolute Gasteiger partial charge is 0.354 e. The molecule has 2 aromatic heterocycles. The Morgan fingerprint density at radius 3 is 2.94 bits per heavy atom. The van der Waals surface area contributed by atoms with Gasteiger partial charge in [0.25, 0.3) is 0 Å². The van der Waals surface area contributed by atoms with E-state index in [1.165, 1.54) is 11.3 Å². The molecule has 2 heterocycles. The van der Waals surface area contributed by atoms with Crippen LogP contribution in [-0.2, 0) is 0 Å². The van der Waals surface area contributed by atoms with Gasteiger partial charge in [0.1, 0.15) is 0 Å². The Bertz CT molecular complexity index is 541. The maximum atomic E-state index is 11.3. The fourth-order valence-electron chi connectivity index (χ4n) is 1.76. The van der Waals surface area contributed by atoms with Gasteiger partial charge in [-0.05, 0) is 13.3 Å². The van der Waals surface area contributed by atoms with E-state index in [0.29, 0.717) is 11.4 Å². The highest BCUT2D eigenvalue weighted by Crippen LogP contribution is 2.27. The first-order valence-electron chi connectivity index (χ1n) is 5.26. The molecule has 0 radical (unpaired) electrons. The molecule has 0 fully saturated rings.